The number of anilines is 1. The molecule has 0 saturated carbocycles. The minimum atomic E-state index is -1.29. The van der Waals surface area contributed by atoms with Gasteiger partial charge in [-0.2, -0.15) is 0 Å². The summed E-state index contributed by atoms with van der Waals surface area (Å²) < 4.78 is 5.79. The van der Waals surface area contributed by atoms with Crippen molar-refractivity contribution in [3.05, 3.63) is 27.7 Å². The summed E-state index contributed by atoms with van der Waals surface area (Å²) >= 11 is 9.12. The first-order valence-corrected chi connectivity index (χ1v) is 7.45. The lowest BCUT2D eigenvalue weighted by atomic mass is 9.90. The van der Waals surface area contributed by atoms with Crippen molar-refractivity contribution < 1.29 is 19.4 Å². The molecule has 0 aromatic heterocycles. The first-order chi connectivity index (χ1) is 9.93. The summed E-state index contributed by atoms with van der Waals surface area (Å²) in [5.74, 6) is -1.06. The predicted octanol–water partition coefficient (Wildman–Crippen LogP) is 2.86. The third-order valence-corrected chi connectivity index (χ3v) is 4.50. The Labute approximate surface area is 134 Å². The number of nitrogens with one attached hydrogen (secondary N) is 2. The van der Waals surface area contributed by atoms with Gasteiger partial charge in [-0.25, -0.2) is 9.59 Å². The highest BCUT2D eigenvalue weighted by atomic mass is 79.9. The molecule has 114 valence electrons. The van der Waals surface area contributed by atoms with Gasteiger partial charge < -0.3 is 20.5 Å². The molecule has 0 bridgehead atoms. The van der Waals surface area contributed by atoms with Gasteiger partial charge in [0, 0.05) is 36.2 Å². The van der Waals surface area contributed by atoms with E-state index in [1.165, 1.54) is 0 Å². The second-order valence-corrected chi connectivity index (χ2v) is 5.97. The van der Waals surface area contributed by atoms with Crippen LogP contribution < -0.4 is 10.6 Å². The number of halogens is 2. The van der Waals surface area contributed by atoms with Gasteiger partial charge in [-0.15, -0.1) is 0 Å². The molecule has 1 aromatic carbocycles. The van der Waals surface area contributed by atoms with Crippen molar-refractivity contribution in [3.8, 4) is 0 Å². The fourth-order valence-corrected chi connectivity index (χ4v) is 2.56. The summed E-state index contributed by atoms with van der Waals surface area (Å²) in [5, 5.41) is 15.0. The zero-order valence-electron chi connectivity index (χ0n) is 11.0. The second-order valence-electron chi connectivity index (χ2n) is 4.71. The van der Waals surface area contributed by atoms with E-state index in [4.69, 9.17) is 16.3 Å². The summed E-state index contributed by atoms with van der Waals surface area (Å²) in [6, 6.07) is 4.32. The summed E-state index contributed by atoms with van der Waals surface area (Å²) in [7, 11) is 0. The number of urea groups is 1. The summed E-state index contributed by atoms with van der Waals surface area (Å²) in [5.41, 5.74) is -0.775. The van der Waals surface area contributed by atoms with Crippen LogP contribution in [0.15, 0.2) is 22.7 Å². The first-order valence-electron chi connectivity index (χ1n) is 6.28. The third kappa shape index (κ3) is 3.87. The molecule has 1 aliphatic rings. The van der Waals surface area contributed by atoms with E-state index >= 15 is 0 Å². The van der Waals surface area contributed by atoms with Crippen molar-refractivity contribution in [2.24, 2.45) is 0 Å². The zero-order valence-corrected chi connectivity index (χ0v) is 13.3. The van der Waals surface area contributed by atoms with Gasteiger partial charge in [-0.3, -0.25) is 0 Å². The fraction of sp³-hybridized carbons (Fsp3) is 0.385. The van der Waals surface area contributed by atoms with Crippen molar-refractivity contribution in [2.75, 3.05) is 18.5 Å². The molecule has 1 saturated heterocycles. The molecule has 0 radical (unpaired) electrons. The van der Waals surface area contributed by atoms with Crippen LogP contribution in [0.2, 0.25) is 5.02 Å². The molecule has 2 amide bonds. The van der Waals surface area contributed by atoms with E-state index in [2.05, 4.69) is 26.6 Å². The number of carboxylic acid groups (broad SMARTS) is 1. The van der Waals surface area contributed by atoms with Gasteiger partial charge in [0.05, 0.1) is 5.02 Å². The van der Waals surface area contributed by atoms with Gasteiger partial charge in [0.25, 0.3) is 0 Å². The minimum absolute atomic E-state index is 0.236. The Balaban J connectivity index is 2.05. The summed E-state index contributed by atoms with van der Waals surface area (Å²) in [6.07, 6.45) is 0.472. The van der Waals surface area contributed by atoms with E-state index in [9.17, 15) is 14.7 Å². The average molecular weight is 378 g/mol. The fourth-order valence-electron chi connectivity index (χ4n) is 2.07. The smallest absolute Gasteiger partial charge is 0.329 e. The zero-order chi connectivity index (χ0) is 15.5. The normalized spacial score (nSPS) is 17.0. The molecule has 0 unspecified atom stereocenters. The maximum absolute atomic E-state index is 12.0. The molecule has 1 aromatic rings. The lowest BCUT2D eigenvalue weighted by Gasteiger charge is -2.33. The minimum Gasteiger partial charge on any atom is -0.480 e. The number of ether oxygens (including phenoxy) is 1. The second kappa shape index (κ2) is 6.64. The monoisotopic (exact) mass is 376 g/mol. The van der Waals surface area contributed by atoms with Crippen LogP contribution in [-0.4, -0.2) is 35.9 Å². The molecular weight excluding hydrogens is 364 g/mol. The Bertz CT molecular complexity index is 561. The number of rotatable bonds is 3. The number of aliphatic carboxylic acids is 1. The molecule has 0 spiro atoms. The number of carboxylic acids is 1. The van der Waals surface area contributed by atoms with Gasteiger partial charge in [0.1, 0.15) is 5.54 Å². The maximum Gasteiger partial charge on any atom is 0.329 e. The molecule has 0 aliphatic carbocycles. The van der Waals surface area contributed by atoms with Crippen molar-refractivity contribution in [2.45, 2.75) is 18.4 Å². The molecule has 1 aliphatic heterocycles. The molecule has 3 N–H and O–H groups in total. The average Bonchev–Trinajstić information content (AvgIpc) is 2.43. The molecule has 1 fully saturated rings. The van der Waals surface area contributed by atoms with Crippen molar-refractivity contribution in [1.29, 1.82) is 0 Å². The van der Waals surface area contributed by atoms with Crippen molar-refractivity contribution >= 4 is 45.2 Å². The van der Waals surface area contributed by atoms with Crippen LogP contribution in [0.1, 0.15) is 12.8 Å². The lowest BCUT2D eigenvalue weighted by molar-refractivity contribution is -0.148. The Hall–Kier alpha value is -1.31. The lowest BCUT2D eigenvalue weighted by Crippen LogP contribution is -2.58. The number of carbonyl (C=O) groups is 2. The van der Waals surface area contributed by atoms with Crippen molar-refractivity contribution in [1.82, 2.24) is 5.32 Å². The quantitative estimate of drug-likeness (QED) is 0.756. The summed E-state index contributed by atoms with van der Waals surface area (Å²) in [4.78, 5) is 23.5. The molecule has 1 heterocycles. The topological polar surface area (TPSA) is 87.7 Å². The van der Waals surface area contributed by atoms with Crippen LogP contribution in [-0.2, 0) is 9.53 Å². The number of hydrogen-bond donors (Lipinski definition) is 3. The number of hydrogen-bond acceptors (Lipinski definition) is 3. The number of benzene rings is 1. The van der Waals surface area contributed by atoms with E-state index in [0.717, 1.165) is 0 Å². The SMILES string of the molecule is O=C(Nc1ccc(Cl)c(Br)c1)NC1(C(=O)O)CCOCC1. The van der Waals surface area contributed by atoms with Crippen LogP contribution in [0.3, 0.4) is 0 Å². The Morgan fingerprint density at radius 3 is 2.57 bits per heavy atom. The van der Waals surface area contributed by atoms with Gasteiger partial charge in [-0.1, -0.05) is 11.6 Å². The van der Waals surface area contributed by atoms with Gasteiger partial charge in [0.15, 0.2) is 0 Å². The van der Waals surface area contributed by atoms with Crippen LogP contribution in [0.5, 0.6) is 0 Å². The van der Waals surface area contributed by atoms with Gasteiger partial charge in [-0.05, 0) is 34.1 Å². The Morgan fingerprint density at radius 1 is 1.33 bits per heavy atom. The molecule has 6 nitrogen and oxygen atoms in total. The molecule has 0 atom stereocenters. The largest absolute Gasteiger partial charge is 0.480 e. The molecular formula is C13H14BrClN2O4. The van der Waals surface area contributed by atoms with Crippen LogP contribution >= 0.6 is 27.5 Å². The number of carbonyl (C=O) groups excluding carboxylic acids is 1. The maximum atomic E-state index is 12.0. The third-order valence-electron chi connectivity index (χ3n) is 3.29. The first kappa shape index (κ1) is 16.1. The van der Waals surface area contributed by atoms with E-state index in [0.29, 0.717) is 28.4 Å². The highest BCUT2D eigenvalue weighted by molar-refractivity contribution is 9.10. The highest BCUT2D eigenvalue weighted by Crippen LogP contribution is 2.26. The molecule has 21 heavy (non-hydrogen) atoms. The predicted molar refractivity (Wildman–Crippen MR) is 81.7 cm³/mol. The molecule has 8 heteroatoms. The Kier molecular flexibility index (Phi) is 5.08. The highest BCUT2D eigenvalue weighted by Gasteiger charge is 2.41. The van der Waals surface area contributed by atoms with Crippen LogP contribution in [0.4, 0.5) is 10.5 Å². The van der Waals surface area contributed by atoms with Gasteiger partial charge >= 0.3 is 12.0 Å². The van der Waals surface area contributed by atoms with Crippen LogP contribution in [0.25, 0.3) is 0 Å². The standard InChI is InChI=1S/C13H14BrClN2O4/c14-9-7-8(1-2-10(9)15)16-12(20)17-13(11(18)19)3-5-21-6-4-13/h1-2,7H,3-6H2,(H,18,19)(H2,16,17,20). The summed E-state index contributed by atoms with van der Waals surface area (Å²) in [6.45, 7) is 0.609. The van der Waals surface area contributed by atoms with E-state index in [1.54, 1.807) is 18.2 Å². The van der Waals surface area contributed by atoms with E-state index in [-0.39, 0.29) is 12.8 Å². The van der Waals surface area contributed by atoms with Crippen LogP contribution in [0, 0.1) is 0 Å². The van der Waals surface area contributed by atoms with Crippen molar-refractivity contribution in [3.63, 3.8) is 0 Å². The number of amides is 2. The van der Waals surface area contributed by atoms with E-state index < -0.39 is 17.5 Å². The van der Waals surface area contributed by atoms with Gasteiger partial charge in [0.2, 0.25) is 0 Å². The Morgan fingerprint density at radius 2 is 2.00 bits per heavy atom. The molecule has 2 rings (SSSR count). The van der Waals surface area contributed by atoms with E-state index in [1.807, 2.05) is 0 Å².